The zero-order chi connectivity index (χ0) is 18.0. The monoisotopic (exact) mass is 405 g/mol. The van der Waals surface area contributed by atoms with E-state index in [1.165, 1.54) is 16.4 Å². The van der Waals surface area contributed by atoms with Crippen LogP contribution in [0.25, 0.3) is 0 Å². The van der Waals surface area contributed by atoms with Gasteiger partial charge in [-0.2, -0.15) is 4.31 Å². The number of nitrogens with zero attached hydrogens (tertiary/aromatic N) is 2. The third-order valence-electron chi connectivity index (χ3n) is 4.87. The molecule has 1 amide bonds. The van der Waals surface area contributed by atoms with Gasteiger partial charge in [-0.1, -0.05) is 0 Å². The molecule has 2 atom stereocenters. The fourth-order valence-corrected chi connectivity index (χ4v) is 5.03. The van der Waals surface area contributed by atoms with Gasteiger partial charge in [0, 0.05) is 38.8 Å². The molecule has 0 spiro atoms. The van der Waals surface area contributed by atoms with Crippen molar-refractivity contribution in [3.05, 3.63) is 30.1 Å². The first kappa shape index (κ1) is 21.1. The number of amides is 1. The molecule has 2 saturated heterocycles. The highest BCUT2D eigenvalue weighted by Gasteiger charge is 2.35. The number of halogens is 2. The van der Waals surface area contributed by atoms with Crippen LogP contribution in [0.2, 0.25) is 0 Å². The minimum Gasteiger partial charge on any atom is -0.340 e. The predicted molar refractivity (Wildman–Crippen MR) is 99.2 cm³/mol. The molecule has 2 unspecified atom stereocenters. The molecular weight excluding hydrogens is 381 g/mol. The molecular formula is C17H25ClFN3O3S. The standard InChI is InChI=1S/C17H24FN3O3S.ClH/c1-13-11-20(10-8-19-13)17(22)14-3-2-9-21(12-14)25(23,24)16-6-4-15(18)5-7-16;/h4-7,13-14,19H,2-3,8-12H2,1H3;1H. The molecule has 9 heteroatoms. The zero-order valence-electron chi connectivity index (χ0n) is 14.7. The van der Waals surface area contributed by atoms with Gasteiger partial charge >= 0.3 is 0 Å². The Labute approximate surface area is 160 Å². The van der Waals surface area contributed by atoms with Crippen molar-refractivity contribution in [2.45, 2.75) is 30.7 Å². The van der Waals surface area contributed by atoms with Crippen LogP contribution >= 0.6 is 12.4 Å². The van der Waals surface area contributed by atoms with Gasteiger partial charge in [-0.3, -0.25) is 4.79 Å². The van der Waals surface area contributed by atoms with Crippen molar-refractivity contribution in [3.8, 4) is 0 Å². The van der Waals surface area contributed by atoms with Gasteiger partial charge in [0.1, 0.15) is 5.82 Å². The number of nitrogens with one attached hydrogen (secondary N) is 1. The summed E-state index contributed by atoms with van der Waals surface area (Å²) in [5.74, 6) is -0.750. The number of piperazine rings is 1. The number of hydrogen-bond donors (Lipinski definition) is 1. The number of benzene rings is 1. The molecule has 2 fully saturated rings. The van der Waals surface area contributed by atoms with Crippen LogP contribution < -0.4 is 5.32 Å². The van der Waals surface area contributed by atoms with Crippen molar-refractivity contribution in [3.63, 3.8) is 0 Å². The third kappa shape index (κ3) is 4.54. The molecule has 1 aromatic rings. The maximum atomic E-state index is 13.1. The van der Waals surface area contributed by atoms with Gasteiger partial charge in [0.2, 0.25) is 15.9 Å². The molecule has 3 rings (SSSR count). The van der Waals surface area contributed by atoms with Crippen molar-refractivity contribution in [1.82, 2.24) is 14.5 Å². The highest BCUT2D eigenvalue weighted by atomic mass is 35.5. The van der Waals surface area contributed by atoms with Crippen LogP contribution in [-0.4, -0.2) is 62.3 Å². The first-order valence-corrected chi connectivity index (χ1v) is 10.1. The molecule has 0 radical (unpaired) electrons. The van der Waals surface area contributed by atoms with E-state index in [4.69, 9.17) is 0 Å². The molecule has 1 N–H and O–H groups in total. The number of piperidine rings is 1. The van der Waals surface area contributed by atoms with Crippen molar-refractivity contribution < 1.29 is 17.6 Å². The van der Waals surface area contributed by atoms with Crippen LogP contribution in [0.4, 0.5) is 4.39 Å². The maximum Gasteiger partial charge on any atom is 0.243 e. The summed E-state index contributed by atoms with van der Waals surface area (Å²) in [6.07, 6.45) is 1.35. The second-order valence-electron chi connectivity index (χ2n) is 6.80. The van der Waals surface area contributed by atoms with Crippen LogP contribution in [0.5, 0.6) is 0 Å². The zero-order valence-corrected chi connectivity index (χ0v) is 16.4. The number of rotatable bonds is 3. The number of sulfonamides is 1. The van der Waals surface area contributed by atoms with Gasteiger partial charge in [0.15, 0.2) is 0 Å². The molecule has 0 bridgehead atoms. The van der Waals surface area contributed by atoms with Crippen molar-refractivity contribution in [2.75, 3.05) is 32.7 Å². The Morgan fingerprint density at radius 3 is 2.54 bits per heavy atom. The quantitative estimate of drug-likeness (QED) is 0.826. The fraction of sp³-hybridized carbons (Fsp3) is 0.588. The summed E-state index contributed by atoms with van der Waals surface area (Å²) >= 11 is 0. The number of carbonyl (C=O) groups is 1. The van der Waals surface area contributed by atoms with Crippen molar-refractivity contribution >= 4 is 28.3 Å². The first-order valence-electron chi connectivity index (χ1n) is 8.66. The Morgan fingerprint density at radius 2 is 1.88 bits per heavy atom. The van der Waals surface area contributed by atoms with Crippen molar-refractivity contribution in [1.29, 1.82) is 0 Å². The summed E-state index contributed by atoms with van der Waals surface area (Å²) in [4.78, 5) is 14.7. The summed E-state index contributed by atoms with van der Waals surface area (Å²) in [5.41, 5.74) is 0. The minimum atomic E-state index is -3.70. The third-order valence-corrected chi connectivity index (χ3v) is 6.74. The van der Waals surface area contributed by atoms with Gasteiger partial charge in [0.05, 0.1) is 10.8 Å². The lowest BCUT2D eigenvalue weighted by molar-refractivity contribution is -0.137. The Morgan fingerprint density at radius 1 is 1.19 bits per heavy atom. The summed E-state index contributed by atoms with van der Waals surface area (Å²) in [6.45, 7) is 4.69. The van der Waals surface area contributed by atoms with E-state index in [2.05, 4.69) is 5.32 Å². The molecule has 26 heavy (non-hydrogen) atoms. The highest BCUT2D eigenvalue weighted by Crippen LogP contribution is 2.25. The molecule has 2 aliphatic heterocycles. The normalized spacial score (nSPS) is 24.8. The summed E-state index contributed by atoms with van der Waals surface area (Å²) in [6, 6.07) is 5.08. The molecule has 146 valence electrons. The SMILES string of the molecule is CC1CN(C(=O)C2CCCN(S(=O)(=O)c3ccc(F)cc3)C2)CCN1.Cl. The Hall–Kier alpha value is -1.22. The van der Waals surface area contributed by atoms with Crippen LogP contribution in [0.15, 0.2) is 29.2 Å². The lowest BCUT2D eigenvalue weighted by Gasteiger charge is -2.37. The first-order chi connectivity index (χ1) is 11.9. The predicted octanol–water partition coefficient (Wildman–Crippen LogP) is 1.47. The molecule has 0 aliphatic carbocycles. The highest BCUT2D eigenvalue weighted by molar-refractivity contribution is 7.89. The Bertz CT molecular complexity index is 729. The summed E-state index contributed by atoms with van der Waals surface area (Å²) < 4.78 is 39.9. The topological polar surface area (TPSA) is 69.7 Å². The summed E-state index contributed by atoms with van der Waals surface area (Å²) in [7, 11) is -3.70. The lowest BCUT2D eigenvalue weighted by atomic mass is 9.97. The van der Waals surface area contributed by atoms with Crippen LogP contribution in [0, 0.1) is 11.7 Å². The number of carbonyl (C=O) groups excluding carboxylic acids is 1. The van der Waals surface area contributed by atoms with E-state index in [1.54, 1.807) is 0 Å². The summed E-state index contributed by atoms with van der Waals surface area (Å²) in [5, 5.41) is 3.30. The van der Waals surface area contributed by atoms with Gasteiger partial charge in [-0.25, -0.2) is 12.8 Å². The molecule has 1 aromatic carbocycles. The van der Waals surface area contributed by atoms with E-state index in [9.17, 15) is 17.6 Å². The van der Waals surface area contributed by atoms with Gasteiger partial charge in [-0.05, 0) is 44.0 Å². The van der Waals surface area contributed by atoms with Gasteiger partial charge in [0.25, 0.3) is 0 Å². The van der Waals surface area contributed by atoms with Gasteiger partial charge in [-0.15, -0.1) is 12.4 Å². The van der Waals surface area contributed by atoms with E-state index >= 15 is 0 Å². The fourth-order valence-electron chi connectivity index (χ4n) is 3.51. The lowest BCUT2D eigenvalue weighted by Crippen LogP contribution is -2.54. The van der Waals surface area contributed by atoms with E-state index in [1.807, 2.05) is 11.8 Å². The van der Waals surface area contributed by atoms with Crippen LogP contribution in [0.1, 0.15) is 19.8 Å². The molecule has 0 saturated carbocycles. The van der Waals surface area contributed by atoms with Crippen LogP contribution in [-0.2, 0) is 14.8 Å². The largest absolute Gasteiger partial charge is 0.340 e. The number of hydrogen-bond acceptors (Lipinski definition) is 4. The Kier molecular flexibility index (Phi) is 7.01. The van der Waals surface area contributed by atoms with E-state index < -0.39 is 15.8 Å². The average Bonchev–Trinajstić information content (AvgIpc) is 2.61. The Balaban J connectivity index is 0.00000243. The second kappa shape index (κ2) is 8.65. The van der Waals surface area contributed by atoms with Gasteiger partial charge < -0.3 is 10.2 Å². The van der Waals surface area contributed by atoms with E-state index in [0.29, 0.717) is 32.5 Å². The molecule has 2 aliphatic rings. The van der Waals surface area contributed by atoms with Crippen LogP contribution in [0.3, 0.4) is 0 Å². The molecule has 2 heterocycles. The second-order valence-corrected chi connectivity index (χ2v) is 8.73. The molecule has 6 nitrogen and oxygen atoms in total. The minimum absolute atomic E-state index is 0. The average molecular weight is 406 g/mol. The maximum absolute atomic E-state index is 13.1. The van der Waals surface area contributed by atoms with E-state index in [-0.39, 0.29) is 41.7 Å². The van der Waals surface area contributed by atoms with Crippen molar-refractivity contribution in [2.24, 2.45) is 5.92 Å². The van der Waals surface area contributed by atoms with E-state index in [0.717, 1.165) is 18.7 Å². The molecule has 0 aromatic heterocycles. The smallest absolute Gasteiger partial charge is 0.243 e.